The number of hydrogen-bond acceptors (Lipinski definition) is 5. The van der Waals surface area contributed by atoms with Crippen LogP contribution in [0.25, 0.3) is 0 Å². The first-order chi connectivity index (χ1) is 8.33. The van der Waals surface area contributed by atoms with Crippen LogP contribution in [-0.4, -0.2) is 50.4 Å². The third kappa shape index (κ3) is 4.99. The van der Waals surface area contributed by atoms with Gasteiger partial charge in [0.1, 0.15) is 6.10 Å². The zero-order valence-electron chi connectivity index (χ0n) is 9.91. The van der Waals surface area contributed by atoms with E-state index in [0.29, 0.717) is 6.42 Å². The van der Waals surface area contributed by atoms with Crippen LogP contribution in [0.3, 0.4) is 0 Å². The van der Waals surface area contributed by atoms with Crippen molar-refractivity contribution >= 4 is 11.9 Å². The largest absolute Gasteiger partial charge is 0.481 e. The minimum absolute atomic E-state index is 0.0632. The SMILES string of the molecule is O=C(O)CCCC(=O)O.OC1(O)CCCC2OC21. The van der Waals surface area contributed by atoms with Crippen molar-refractivity contribution in [3.63, 3.8) is 0 Å². The second-order valence-corrected chi connectivity index (χ2v) is 4.51. The standard InChI is InChI=1S/C6H10O3.C5H8O4/c7-6(8)3-1-2-4-5(6)9-4;6-4(7)2-1-3-5(8)9/h4-5,7-8H,1-3H2;1-3H2,(H,6,7)(H,8,9). The molecule has 0 aromatic heterocycles. The van der Waals surface area contributed by atoms with Crippen molar-refractivity contribution in [1.29, 1.82) is 0 Å². The van der Waals surface area contributed by atoms with Crippen molar-refractivity contribution in [2.75, 3.05) is 0 Å². The predicted molar refractivity (Wildman–Crippen MR) is 58.8 cm³/mol. The lowest BCUT2D eigenvalue weighted by Crippen LogP contribution is -2.38. The highest BCUT2D eigenvalue weighted by Gasteiger charge is 2.55. The van der Waals surface area contributed by atoms with Gasteiger partial charge in [0.2, 0.25) is 0 Å². The molecule has 0 radical (unpaired) electrons. The molecule has 4 N–H and O–H groups in total. The van der Waals surface area contributed by atoms with Crippen LogP contribution in [-0.2, 0) is 14.3 Å². The van der Waals surface area contributed by atoms with Gasteiger partial charge in [-0.2, -0.15) is 0 Å². The van der Waals surface area contributed by atoms with Gasteiger partial charge in [-0.15, -0.1) is 0 Å². The van der Waals surface area contributed by atoms with Gasteiger partial charge in [0.15, 0.2) is 5.79 Å². The van der Waals surface area contributed by atoms with Crippen molar-refractivity contribution in [3.05, 3.63) is 0 Å². The van der Waals surface area contributed by atoms with Crippen LogP contribution in [0.4, 0.5) is 0 Å². The molecule has 1 saturated heterocycles. The van der Waals surface area contributed by atoms with Crippen LogP contribution < -0.4 is 0 Å². The van der Waals surface area contributed by atoms with Gasteiger partial charge in [-0.05, 0) is 19.3 Å². The van der Waals surface area contributed by atoms with Crippen molar-refractivity contribution in [1.82, 2.24) is 0 Å². The van der Waals surface area contributed by atoms with Crippen molar-refractivity contribution in [2.45, 2.75) is 56.5 Å². The maximum absolute atomic E-state index is 9.79. The molecule has 104 valence electrons. The van der Waals surface area contributed by atoms with E-state index < -0.39 is 17.7 Å². The van der Waals surface area contributed by atoms with E-state index in [-0.39, 0.29) is 31.5 Å². The summed E-state index contributed by atoms with van der Waals surface area (Å²) in [5.41, 5.74) is 0. The number of rotatable bonds is 4. The molecule has 2 fully saturated rings. The summed E-state index contributed by atoms with van der Waals surface area (Å²) < 4.78 is 4.99. The molecule has 2 rings (SSSR count). The van der Waals surface area contributed by atoms with Crippen LogP contribution >= 0.6 is 0 Å². The normalized spacial score (nSPS) is 27.4. The lowest BCUT2D eigenvalue weighted by Gasteiger charge is -2.22. The highest BCUT2D eigenvalue weighted by molar-refractivity contribution is 5.69. The molecule has 1 heterocycles. The Morgan fingerprint density at radius 1 is 1.17 bits per heavy atom. The Kier molecular flexibility index (Phi) is 5.06. The molecular formula is C11H18O7. The van der Waals surface area contributed by atoms with Crippen LogP contribution in [0.1, 0.15) is 38.5 Å². The molecule has 0 bridgehead atoms. The first-order valence-electron chi connectivity index (χ1n) is 5.86. The minimum Gasteiger partial charge on any atom is -0.481 e. The van der Waals surface area contributed by atoms with Crippen molar-refractivity contribution < 1.29 is 34.8 Å². The zero-order valence-corrected chi connectivity index (χ0v) is 9.91. The quantitative estimate of drug-likeness (QED) is 0.413. The fourth-order valence-corrected chi connectivity index (χ4v) is 1.87. The van der Waals surface area contributed by atoms with Crippen LogP contribution in [0, 0.1) is 0 Å². The highest BCUT2D eigenvalue weighted by atomic mass is 16.6. The Labute approximate surface area is 104 Å². The van der Waals surface area contributed by atoms with Gasteiger partial charge >= 0.3 is 11.9 Å². The molecular weight excluding hydrogens is 244 g/mol. The van der Waals surface area contributed by atoms with E-state index in [4.69, 9.17) is 25.2 Å². The van der Waals surface area contributed by atoms with Crippen molar-refractivity contribution in [2.24, 2.45) is 0 Å². The molecule has 1 aliphatic heterocycles. The van der Waals surface area contributed by atoms with Crippen molar-refractivity contribution in [3.8, 4) is 0 Å². The number of aliphatic carboxylic acids is 2. The zero-order chi connectivity index (χ0) is 13.8. The molecule has 2 aliphatic rings. The Morgan fingerprint density at radius 3 is 2.11 bits per heavy atom. The molecule has 0 spiro atoms. The first-order valence-corrected chi connectivity index (χ1v) is 5.86. The third-order valence-electron chi connectivity index (χ3n) is 2.85. The second kappa shape index (κ2) is 6.12. The maximum atomic E-state index is 9.79. The number of carbonyl (C=O) groups is 2. The molecule has 7 nitrogen and oxygen atoms in total. The van der Waals surface area contributed by atoms with Gasteiger partial charge < -0.3 is 25.2 Å². The molecule has 2 atom stereocenters. The molecule has 18 heavy (non-hydrogen) atoms. The number of epoxide rings is 1. The molecule has 0 aromatic rings. The lowest BCUT2D eigenvalue weighted by molar-refractivity contribution is -0.183. The van der Waals surface area contributed by atoms with Crippen LogP contribution in [0.2, 0.25) is 0 Å². The summed E-state index contributed by atoms with van der Waals surface area (Å²) in [5, 5.41) is 34.3. The second-order valence-electron chi connectivity index (χ2n) is 4.51. The van der Waals surface area contributed by atoms with Gasteiger partial charge in [0.05, 0.1) is 6.10 Å². The molecule has 2 unspecified atom stereocenters. The maximum Gasteiger partial charge on any atom is 0.303 e. The summed E-state index contributed by atoms with van der Waals surface area (Å²) in [6.07, 6.45) is 2.29. The van der Waals surface area contributed by atoms with E-state index in [1.165, 1.54) is 0 Å². The van der Waals surface area contributed by atoms with E-state index in [9.17, 15) is 9.59 Å². The van der Waals surface area contributed by atoms with Gasteiger partial charge in [0, 0.05) is 19.3 Å². The third-order valence-corrected chi connectivity index (χ3v) is 2.85. The predicted octanol–water partition coefficient (Wildman–Crippen LogP) is -0.0555. The summed E-state index contributed by atoms with van der Waals surface area (Å²) >= 11 is 0. The summed E-state index contributed by atoms with van der Waals surface area (Å²) in [5.74, 6) is -3.41. The molecule has 1 aliphatic carbocycles. The number of carboxylic acid groups (broad SMARTS) is 2. The monoisotopic (exact) mass is 262 g/mol. The minimum atomic E-state index is -1.51. The fraction of sp³-hybridized carbons (Fsp3) is 0.818. The van der Waals surface area contributed by atoms with Gasteiger partial charge in [-0.1, -0.05) is 0 Å². The van der Waals surface area contributed by atoms with Crippen LogP contribution in [0.5, 0.6) is 0 Å². The fourth-order valence-electron chi connectivity index (χ4n) is 1.87. The van der Waals surface area contributed by atoms with Gasteiger partial charge in [-0.3, -0.25) is 9.59 Å². The summed E-state index contributed by atoms with van der Waals surface area (Å²) in [4.78, 5) is 19.6. The average molecular weight is 262 g/mol. The van der Waals surface area contributed by atoms with Gasteiger partial charge in [0.25, 0.3) is 0 Å². The average Bonchev–Trinajstić information content (AvgIpc) is 2.97. The van der Waals surface area contributed by atoms with E-state index in [1.54, 1.807) is 0 Å². The molecule has 0 amide bonds. The summed E-state index contributed by atoms with van der Waals surface area (Å²) in [6, 6.07) is 0. The number of hydrogen-bond donors (Lipinski definition) is 4. The van der Waals surface area contributed by atoms with Crippen LogP contribution in [0.15, 0.2) is 0 Å². The van der Waals surface area contributed by atoms with E-state index in [2.05, 4.69) is 0 Å². The number of aliphatic hydroxyl groups is 2. The molecule has 0 aromatic carbocycles. The Morgan fingerprint density at radius 2 is 1.72 bits per heavy atom. The highest BCUT2D eigenvalue weighted by Crippen LogP contribution is 2.41. The molecule has 1 saturated carbocycles. The summed E-state index contributed by atoms with van der Waals surface area (Å²) in [7, 11) is 0. The Balaban J connectivity index is 0.000000180. The summed E-state index contributed by atoms with van der Waals surface area (Å²) in [6.45, 7) is 0. The number of fused-ring (bicyclic) bond motifs is 1. The number of ether oxygens (including phenoxy) is 1. The topological polar surface area (TPSA) is 128 Å². The van der Waals surface area contributed by atoms with E-state index in [0.717, 1.165) is 12.8 Å². The van der Waals surface area contributed by atoms with Gasteiger partial charge in [-0.25, -0.2) is 0 Å². The molecule has 7 heteroatoms. The Bertz CT molecular complexity index is 299. The van der Waals surface area contributed by atoms with E-state index in [1.807, 2.05) is 0 Å². The smallest absolute Gasteiger partial charge is 0.303 e. The van der Waals surface area contributed by atoms with E-state index >= 15 is 0 Å². The lowest BCUT2D eigenvalue weighted by atomic mass is 9.95. The number of carboxylic acids is 2. The first kappa shape index (κ1) is 14.9. The Hall–Kier alpha value is -1.18.